The van der Waals surface area contributed by atoms with Crippen LogP contribution in [0, 0.1) is 0 Å². The number of carboxylic acid groups (broad SMARTS) is 1. The van der Waals surface area contributed by atoms with E-state index in [2.05, 4.69) is 28.6 Å². The third-order valence-electron chi connectivity index (χ3n) is 4.23. The largest absolute Gasteiger partial charge is 0.480 e. The highest BCUT2D eigenvalue weighted by Crippen LogP contribution is 2.06. The Morgan fingerprint density at radius 3 is 2.03 bits per heavy atom. The SMILES string of the molecule is NCC(=O)NC(CS)C(=O)NC(Cc1ccccc1)C(=O)NC(CCC(N)=O)C(=O)O. The van der Waals surface area contributed by atoms with Crippen molar-refractivity contribution >= 4 is 42.2 Å². The van der Waals surface area contributed by atoms with Gasteiger partial charge >= 0.3 is 5.97 Å². The number of amides is 4. The van der Waals surface area contributed by atoms with E-state index in [9.17, 15) is 29.1 Å². The number of aliphatic carboxylic acids is 1. The fourth-order valence-electron chi connectivity index (χ4n) is 2.60. The van der Waals surface area contributed by atoms with Gasteiger partial charge in [0.2, 0.25) is 23.6 Å². The van der Waals surface area contributed by atoms with Crippen molar-refractivity contribution in [3.63, 3.8) is 0 Å². The van der Waals surface area contributed by atoms with Crippen LogP contribution in [-0.2, 0) is 30.4 Å². The van der Waals surface area contributed by atoms with Gasteiger partial charge in [-0.2, -0.15) is 12.6 Å². The van der Waals surface area contributed by atoms with E-state index in [0.29, 0.717) is 5.56 Å². The van der Waals surface area contributed by atoms with Crippen LogP contribution in [0.3, 0.4) is 0 Å². The first-order valence-corrected chi connectivity index (χ1v) is 10.1. The third kappa shape index (κ3) is 9.49. The van der Waals surface area contributed by atoms with Gasteiger partial charge in [0.1, 0.15) is 18.1 Å². The van der Waals surface area contributed by atoms with Crippen LogP contribution in [0.1, 0.15) is 18.4 Å². The lowest BCUT2D eigenvalue weighted by molar-refractivity contribution is -0.142. The molecule has 4 amide bonds. The molecule has 0 heterocycles. The molecule has 1 aromatic carbocycles. The van der Waals surface area contributed by atoms with Crippen LogP contribution in [0.25, 0.3) is 0 Å². The molecule has 0 saturated heterocycles. The second-order valence-electron chi connectivity index (χ2n) is 6.66. The van der Waals surface area contributed by atoms with Crippen LogP contribution < -0.4 is 27.4 Å². The van der Waals surface area contributed by atoms with Crippen LogP contribution in [0.5, 0.6) is 0 Å². The molecule has 8 N–H and O–H groups in total. The van der Waals surface area contributed by atoms with Crippen molar-refractivity contribution in [3.8, 4) is 0 Å². The highest BCUT2D eigenvalue weighted by molar-refractivity contribution is 7.80. The molecular formula is C19H27N5O6S. The Morgan fingerprint density at radius 1 is 0.935 bits per heavy atom. The molecule has 0 aliphatic rings. The topological polar surface area (TPSA) is 194 Å². The van der Waals surface area contributed by atoms with E-state index in [-0.39, 0.29) is 31.6 Å². The lowest BCUT2D eigenvalue weighted by atomic mass is 10.0. The monoisotopic (exact) mass is 453 g/mol. The Morgan fingerprint density at radius 2 is 1.52 bits per heavy atom. The van der Waals surface area contributed by atoms with E-state index in [1.165, 1.54) is 0 Å². The number of primary amides is 1. The zero-order valence-electron chi connectivity index (χ0n) is 16.7. The summed E-state index contributed by atoms with van der Waals surface area (Å²) in [7, 11) is 0. The second kappa shape index (κ2) is 13.2. The number of rotatable bonds is 13. The molecule has 0 aliphatic heterocycles. The van der Waals surface area contributed by atoms with Gasteiger partial charge in [0.25, 0.3) is 0 Å². The van der Waals surface area contributed by atoms with Crippen molar-refractivity contribution in [3.05, 3.63) is 35.9 Å². The van der Waals surface area contributed by atoms with Crippen molar-refractivity contribution < 1.29 is 29.1 Å². The normalized spacial score (nSPS) is 13.4. The molecule has 3 atom stereocenters. The number of carboxylic acids is 1. The van der Waals surface area contributed by atoms with E-state index in [4.69, 9.17) is 11.5 Å². The minimum Gasteiger partial charge on any atom is -0.480 e. The van der Waals surface area contributed by atoms with Crippen molar-refractivity contribution in [1.29, 1.82) is 0 Å². The Kier molecular flexibility index (Phi) is 11.1. The summed E-state index contributed by atoms with van der Waals surface area (Å²) in [5, 5.41) is 16.5. The number of carbonyl (C=O) groups excluding carboxylic acids is 4. The molecule has 11 nitrogen and oxygen atoms in total. The van der Waals surface area contributed by atoms with E-state index >= 15 is 0 Å². The molecule has 1 aromatic rings. The lowest BCUT2D eigenvalue weighted by Crippen LogP contribution is -2.57. The summed E-state index contributed by atoms with van der Waals surface area (Å²) >= 11 is 4.03. The van der Waals surface area contributed by atoms with Crippen molar-refractivity contribution in [1.82, 2.24) is 16.0 Å². The Balaban J connectivity index is 2.99. The zero-order chi connectivity index (χ0) is 23.4. The highest BCUT2D eigenvalue weighted by atomic mass is 32.1. The van der Waals surface area contributed by atoms with Gasteiger partial charge in [0.05, 0.1) is 6.54 Å². The Bertz CT molecular complexity index is 791. The van der Waals surface area contributed by atoms with Crippen molar-refractivity contribution in [2.24, 2.45) is 11.5 Å². The number of carbonyl (C=O) groups is 5. The van der Waals surface area contributed by atoms with Gasteiger partial charge in [-0.3, -0.25) is 19.2 Å². The van der Waals surface area contributed by atoms with Crippen LogP contribution in [0.4, 0.5) is 0 Å². The molecule has 0 aliphatic carbocycles. The van der Waals surface area contributed by atoms with Crippen LogP contribution in [0.2, 0.25) is 0 Å². The summed E-state index contributed by atoms with van der Waals surface area (Å²) < 4.78 is 0. The molecule has 0 spiro atoms. The van der Waals surface area contributed by atoms with Gasteiger partial charge < -0.3 is 32.5 Å². The van der Waals surface area contributed by atoms with Crippen LogP contribution in [-0.4, -0.2) is 65.1 Å². The third-order valence-corrected chi connectivity index (χ3v) is 4.59. The summed E-state index contributed by atoms with van der Waals surface area (Å²) in [6.45, 7) is -0.328. The molecule has 0 saturated carbocycles. The predicted octanol–water partition coefficient (Wildman–Crippen LogP) is -2.08. The maximum atomic E-state index is 12.8. The number of hydrogen-bond acceptors (Lipinski definition) is 7. The molecule has 0 bridgehead atoms. The molecule has 0 fully saturated rings. The average molecular weight is 454 g/mol. The standard InChI is InChI=1S/C19H27N5O6S/c20-9-16(26)22-14(10-31)18(28)24-13(8-11-4-2-1-3-5-11)17(27)23-12(19(29)30)6-7-15(21)25/h1-5,12-14,31H,6-10,20H2,(H2,21,25)(H,22,26)(H,23,27)(H,24,28)(H,29,30). The fourth-order valence-corrected chi connectivity index (χ4v) is 2.85. The number of hydrogen-bond donors (Lipinski definition) is 7. The van der Waals surface area contributed by atoms with Gasteiger partial charge in [-0.1, -0.05) is 30.3 Å². The quantitative estimate of drug-likeness (QED) is 0.166. The van der Waals surface area contributed by atoms with Crippen molar-refractivity contribution in [2.45, 2.75) is 37.4 Å². The minimum atomic E-state index is -1.37. The molecule has 0 aromatic heterocycles. The maximum Gasteiger partial charge on any atom is 0.326 e. The first-order valence-electron chi connectivity index (χ1n) is 9.44. The summed E-state index contributed by atoms with van der Waals surface area (Å²) in [5.41, 5.74) is 11.0. The van der Waals surface area contributed by atoms with Gasteiger partial charge in [-0.25, -0.2) is 4.79 Å². The number of benzene rings is 1. The molecule has 170 valence electrons. The number of thiol groups is 1. The number of nitrogens with two attached hydrogens (primary N) is 2. The fraction of sp³-hybridized carbons (Fsp3) is 0.421. The first-order chi connectivity index (χ1) is 14.7. The Labute approximate surface area is 184 Å². The zero-order valence-corrected chi connectivity index (χ0v) is 17.6. The molecule has 1 rings (SSSR count). The summed E-state index contributed by atoms with van der Waals surface area (Å²) in [4.78, 5) is 59.3. The van der Waals surface area contributed by atoms with Crippen LogP contribution in [0.15, 0.2) is 30.3 Å². The van der Waals surface area contributed by atoms with E-state index < -0.39 is 47.7 Å². The smallest absolute Gasteiger partial charge is 0.326 e. The molecular weight excluding hydrogens is 426 g/mol. The molecule has 3 unspecified atom stereocenters. The molecule has 0 radical (unpaired) electrons. The van der Waals surface area contributed by atoms with Gasteiger partial charge in [-0.05, 0) is 12.0 Å². The minimum absolute atomic E-state index is 0.0480. The molecule has 12 heteroatoms. The Hall–Kier alpha value is -3.12. The average Bonchev–Trinajstić information content (AvgIpc) is 2.74. The second-order valence-corrected chi connectivity index (χ2v) is 7.03. The predicted molar refractivity (Wildman–Crippen MR) is 115 cm³/mol. The summed E-state index contributed by atoms with van der Waals surface area (Å²) in [6, 6.07) is 5.18. The lowest BCUT2D eigenvalue weighted by Gasteiger charge is -2.24. The first kappa shape index (κ1) is 25.9. The highest BCUT2D eigenvalue weighted by Gasteiger charge is 2.29. The van der Waals surface area contributed by atoms with Crippen LogP contribution >= 0.6 is 12.6 Å². The van der Waals surface area contributed by atoms with E-state index in [1.54, 1.807) is 30.3 Å². The van der Waals surface area contributed by atoms with Gasteiger partial charge in [0.15, 0.2) is 0 Å². The van der Waals surface area contributed by atoms with E-state index in [1.807, 2.05) is 0 Å². The number of nitrogens with one attached hydrogen (secondary N) is 3. The summed E-state index contributed by atoms with van der Waals surface area (Å²) in [6.07, 6.45) is -0.376. The molecule has 31 heavy (non-hydrogen) atoms. The van der Waals surface area contributed by atoms with Crippen molar-refractivity contribution in [2.75, 3.05) is 12.3 Å². The maximum absolute atomic E-state index is 12.8. The van der Waals surface area contributed by atoms with Gasteiger partial charge in [0, 0.05) is 18.6 Å². The van der Waals surface area contributed by atoms with Gasteiger partial charge in [-0.15, -0.1) is 0 Å². The summed E-state index contributed by atoms with van der Waals surface area (Å²) in [5.74, 6) is -4.12. The van der Waals surface area contributed by atoms with E-state index in [0.717, 1.165) is 0 Å².